The lowest BCUT2D eigenvalue weighted by Crippen LogP contribution is -2.06. The Morgan fingerprint density at radius 2 is 2.06 bits per heavy atom. The summed E-state index contributed by atoms with van der Waals surface area (Å²) >= 11 is 3.09. The third-order valence-corrected chi connectivity index (χ3v) is 2.77. The van der Waals surface area contributed by atoms with Crippen LogP contribution in [0.1, 0.15) is 5.56 Å². The summed E-state index contributed by atoms with van der Waals surface area (Å²) in [6.07, 6.45) is 3.36. The fourth-order valence-corrected chi connectivity index (χ4v) is 1.69. The average molecular weight is 312 g/mol. The fraction of sp³-hybridized carbons (Fsp3) is 0.167. The zero-order valence-electron chi connectivity index (χ0n) is 9.65. The number of ether oxygens (including phenoxy) is 1. The second kappa shape index (κ2) is 5.88. The summed E-state index contributed by atoms with van der Waals surface area (Å²) < 4.78 is 18.8. The Labute approximate surface area is 112 Å². The molecule has 0 aliphatic carbocycles. The Morgan fingerprint density at radius 3 is 2.67 bits per heavy atom. The van der Waals surface area contributed by atoms with Gasteiger partial charge in [0.1, 0.15) is 11.6 Å². The number of hydrogen-bond acceptors (Lipinski definition) is 4. The Morgan fingerprint density at radius 1 is 1.33 bits per heavy atom. The van der Waals surface area contributed by atoms with Gasteiger partial charge in [0.05, 0.1) is 4.47 Å². The molecule has 0 atom stereocenters. The molecule has 0 aliphatic rings. The van der Waals surface area contributed by atoms with Crippen molar-refractivity contribution in [2.24, 2.45) is 0 Å². The molecule has 1 N–H and O–H groups in total. The van der Waals surface area contributed by atoms with E-state index >= 15 is 0 Å². The molecule has 1 aromatic carbocycles. The van der Waals surface area contributed by atoms with Crippen molar-refractivity contribution in [2.45, 2.75) is 6.54 Å². The van der Waals surface area contributed by atoms with Crippen LogP contribution in [0.25, 0.3) is 0 Å². The Kier molecular flexibility index (Phi) is 4.22. The van der Waals surface area contributed by atoms with Crippen molar-refractivity contribution >= 4 is 15.9 Å². The second-order valence-electron chi connectivity index (χ2n) is 3.58. The van der Waals surface area contributed by atoms with E-state index in [2.05, 4.69) is 31.2 Å². The van der Waals surface area contributed by atoms with Gasteiger partial charge in [0.25, 0.3) is 0 Å². The van der Waals surface area contributed by atoms with E-state index in [0.717, 1.165) is 5.56 Å². The maximum absolute atomic E-state index is 13.0. The van der Waals surface area contributed by atoms with Gasteiger partial charge >= 0.3 is 6.01 Å². The van der Waals surface area contributed by atoms with E-state index in [1.807, 2.05) is 7.05 Å². The molecule has 0 saturated heterocycles. The van der Waals surface area contributed by atoms with Crippen LogP contribution in [0.15, 0.2) is 35.1 Å². The van der Waals surface area contributed by atoms with Gasteiger partial charge in [-0.1, -0.05) is 0 Å². The molecule has 0 amide bonds. The van der Waals surface area contributed by atoms with Crippen LogP contribution in [0, 0.1) is 5.82 Å². The number of halogens is 2. The number of aromatic nitrogens is 2. The lowest BCUT2D eigenvalue weighted by Gasteiger charge is -2.05. The van der Waals surface area contributed by atoms with E-state index < -0.39 is 0 Å². The van der Waals surface area contributed by atoms with Crippen LogP contribution in [0.3, 0.4) is 0 Å². The summed E-state index contributed by atoms with van der Waals surface area (Å²) in [7, 11) is 1.85. The summed E-state index contributed by atoms with van der Waals surface area (Å²) in [4.78, 5) is 8.12. The van der Waals surface area contributed by atoms with E-state index in [1.165, 1.54) is 18.2 Å². The standard InChI is InChI=1S/C12H11BrFN3O/c1-15-5-8-6-16-12(17-7-8)18-9-2-3-11(14)10(13)4-9/h2-4,6-7,15H,5H2,1H3. The molecule has 0 spiro atoms. The molecule has 0 unspecified atom stereocenters. The number of rotatable bonds is 4. The molecule has 2 aromatic rings. The minimum Gasteiger partial charge on any atom is -0.424 e. The molecule has 94 valence electrons. The first-order valence-electron chi connectivity index (χ1n) is 5.27. The third-order valence-electron chi connectivity index (χ3n) is 2.16. The molecule has 4 nitrogen and oxygen atoms in total. The highest BCUT2D eigenvalue weighted by molar-refractivity contribution is 9.10. The number of hydrogen-bond donors (Lipinski definition) is 1. The van der Waals surface area contributed by atoms with Gasteiger partial charge in [0.15, 0.2) is 0 Å². The summed E-state index contributed by atoms with van der Waals surface area (Å²) in [6, 6.07) is 4.59. The first-order chi connectivity index (χ1) is 8.69. The molecule has 18 heavy (non-hydrogen) atoms. The van der Waals surface area contributed by atoms with E-state index in [0.29, 0.717) is 16.8 Å². The van der Waals surface area contributed by atoms with Crippen molar-refractivity contribution in [3.05, 3.63) is 46.4 Å². The lowest BCUT2D eigenvalue weighted by atomic mass is 10.3. The van der Waals surface area contributed by atoms with Crippen molar-refractivity contribution < 1.29 is 9.13 Å². The molecular formula is C12H11BrFN3O. The molecule has 0 bridgehead atoms. The molecule has 2 rings (SSSR count). The average Bonchev–Trinajstić information content (AvgIpc) is 2.37. The number of nitrogens with zero attached hydrogens (tertiary/aromatic N) is 2. The molecule has 0 radical (unpaired) electrons. The van der Waals surface area contributed by atoms with Crippen LogP contribution < -0.4 is 10.1 Å². The fourth-order valence-electron chi connectivity index (χ4n) is 1.34. The van der Waals surface area contributed by atoms with Gasteiger partial charge in [0.2, 0.25) is 0 Å². The summed E-state index contributed by atoms with van der Waals surface area (Å²) in [5, 5.41) is 3.00. The number of benzene rings is 1. The van der Waals surface area contributed by atoms with Crippen molar-refractivity contribution in [3.63, 3.8) is 0 Å². The van der Waals surface area contributed by atoms with Crippen LogP contribution in [-0.4, -0.2) is 17.0 Å². The Bertz CT molecular complexity index is 533. The van der Waals surface area contributed by atoms with Crippen molar-refractivity contribution in [2.75, 3.05) is 7.05 Å². The smallest absolute Gasteiger partial charge is 0.321 e. The zero-order chi connectivity index (χ0) is 13.0. The van der Waals surface area contributed by atoms with Gasteiger partial charge in [-0.05, 0) is 41.2 Å². The van der Waals surface area contributed by atoms with Gasteiger partial charge < -0.3 is 10.1 Å². The number of nitrogens with one attached hydrogen (secondary N) is 1. The molecule has 1 heterocycles. The second-order valence-corrected chi connectivity index (χ2v) is 4.44. The highest BCUT2D eigenvalue weighted by Crippen LogP contribution is 2.24. The largest absolute Gasteiger partial charge is 0.424 e. The maximum atomic E-state index is 13.0. The van der Waals surface area contributed by atoms with Crippen molar-refractivity contribution in [1.29, 1.82) is 0 Å². The summed E-state index contributed by atoms with van der Waals surface area (Å²) in [5.74, 6) is 0.136. The van der Waals surface area contributed by atoms with Gasteiger partial charge in [0, 0.05) is 24.5 Å². The van der Waals surface area contributed by atoms with E-state index in [1.54, 1.807) is 12.4 Å². The first kappa shape index (κ1) is 12.9. The monoisotopic (exact) mass is 311 g/mol. The SMILES string of the molecule is CNCc1cnc(Oc2ccc(F)c(Br)c2)nc1. The van der Waals surface area contributed by atoms with Crippen molar-refractivity contribution in [1.82, 2.24) is 15.3 Å². The molecule has 0 saturated carbocycles. The van der Waals surface area contributed by atoms with E-state index in [9.17, 15) is 4.39 Å². The van der Waals surface area contributed by atoms with E-state index in [4.69, 9.17) is 4.74 Å². The predicted octanol–water partition coefficient (Wildman–Crippen LogP) is 2.89. The van der Waals surface area contributed by atoms with Gasteiger partial charge in [-0.2, -0.15) is 0 Å². The predicted molar refractivity (Wildman–Crippen MR) is 69.0 cm³/mol. The Hall–Kier alpha value is -1.53. The molecular weight excluding hydrogens is 301 g/mol. The third kappa shape index (κ3) is 3.24. The van der Waals surface area contributed by atoms with Crippen molar-refractivity contribution in [3.8, 4) is 11.8 Å². The summed E-state index contributed by atoms with van der Waals surface area (Å²) in [5.41, 5.74) is 0.963. The van der Waals surface area contributed by atoms with Crippen LogP contribution in [-0.2, 0) is 6.54 Å². The quantitative estimate of drug-likeness (QED) is 0.943. The van der Waals surface area contributed by atoms with Crippen LogP contribution in [0.2, 0.25) is 0 Å². The van der Waals surface area contributed by atoms with Crippen LogP contribution >= 0.6 is 15.9 Å². The highest BCUT2D eigenvalue weighted by Gasteiger charge is 2.04. The topological polar surface area (TPSA) is 47.0 Å². The molecule has 0 fully saturated rings. The molecule has 0 aliphatic heterocycles. The lowest BCUT2D eigenvalue weighted by molar-refractivity contribution is 0.439. The highest BCUT2D eigenvalue weighted by atomic mass is 79.9. The Balaban J connectivity index is 2.10. The zero-order valence-corrected chi connectivity index (χ0v) is 11.2. The van der Waals surface area contributed by atoms with Crippen LogP contribution in [0.4, 0.5) is 4.39 Å². The molecule has 6 heteroatoms. The minimum atomic E-state index is -0.340. The minimum absolute atomic E-state index is 0.230. The van der Waals surface area contributed by atoms with E-state index in [-0.39, 0.29) is 11.8 Å². The first-order valence-corrected chi connectivity index (χ1v) is 6.07. The summed E-state index contributed by atoms with van der Waals surface area (Å²) in [6.45, 7) is 0.697. The normalized spacial score (nSPS) is 10.4. The van der Waals surface area contributed by atoms with Gasteiger partial charge in [-0.15, -0.1) is 0 Å². The molecule has 1 aromatic heterocycles. The van der Waals surface area contributed by atoms with Crippen LogP contribution in [0.5, 0.6) is 11.8 Å². The maximum Gasteiger partial charge on any atom is 0.321 e. The van der Waals surface area contributed by atoms with Gasteiger partial charge in [-0.3, -0.25) is 0 Å². The van der Waals surface area contributed by atoms with Gasteiger partial charge in [-0.25, -0.2) is 14.4 Å².